The highest BCUT2D eigenvalue weighted by Crippen LogP contribution is 2.41. The van der Waals surface area contributed by atoms with E-state index in [0.717, 1.165) is 29.9 Å². The van der Waals surface area contributed by atoms with E-state index >= 15 is 0 Å². The Hall–Kier alpha value is -2.62. The van der Waals surface area contributed by atoms with Crippen molar-refractivity contribution >= 4 is 46.4 Å². The summed E-state index contributed by atoms with van der Waals surface area (Å²) in [5.41, 5.74) is 6.34. The summed E-state index contributed by atoms with van der Waals surface area (Å²) in [6.45, 7) is 1.81. The number of hydrogen-bond donors (Lipinski definition) is 3. The number of rotatable bonds is 4. The summed E-state index contributed by atoms with van der Waals surface area (Å²) in [6, 6.07) is 3.62. The van der Waals surface area contributed by atoms with Gasteiger partial charge in [-0.3, -0.25) is 9.78 Å². The fourth-order valence-electron chi connectivity index (χ4n) is 2.88. The Bertz CT molecular complexity index is 1120. The van der Waals surface area contributed by atoms with Crippen molar-refractivity contribution in [1.29, 1.82) is 0 Å². The summed E-state index contributed by atoms with van der Waals surface area (Å²) in [5, 5.41) is 3.25. The van der Waals surface area contributed by atoms with E-state index in [1.54, 1.807) is 12.3 Å². The summed E-state index contributed by atoms with van der Waals surface area (Å²) in [5.74, 6) is 1.30. The molecule has 1 aliphatic heterocycles. The maximum absolute atomic E-state index is 12.3. The molecule has 0 bridgehead atoms. The van der Waals surface area contributed by atoms with Gasteiger partial charge in [0.1, 0.15) is 10.4 Å². The van der Waals surface area contributed by atoms with Gasteiger partial charge in [-0.1, -0.05) is 11.6 Å². The number of carbonyl (C=O) groups excluding carboxylic acids is 1. The quantitative estimate of drug-likeness (QED) is 0.554. The van der Waals surface area contributed by atoms with Crippen molar-refractivity contribution in [2.24, 2.45) is 0 Å². The Morgan fingerprint density at radius 2 is 2.18 bits per heavy atom. The van der Waals surface area contributed by atoms with E-state index in [-0.39, 0.29) is 5.91 Å². The van der Waals surface area contributed by atoms with Crippen LogP contribution in [0.1, 0.15) is 31.6 Å². The molecule has 5 rings (SSSR count). The van der Waals surface area contributed by atoms with Crippen LogP contribution in [-0.4, -0.2) is 20.9 Å². The monoisotopic (exact) mass is 414 g/mol. The number of oxazole rings is 1. The molecule has 0 saturated heterocycles. The topological polar surface area (TPSA) is 105 Å². The van der Waals surface area contributed by atoms with Crippen molar-refractivity contribution in [2.45, 2.75) is 25.7 Å². The highest BCUT2D eigenvalue weighted by Gasteiger charge is 2.29. The Morgan fingerprint density at radius 1 is 1.32 bits per heavy atom. The lowest BCUT2D eigenvalue weighted by atomic mass is 10.1. The molecule has 3 aromatic rings. The molecule has 142 valence electrons. The molecule has 1 aromatic carbocycles. The number of nitrogens with zero attached hydrogens (tertiary/aromatic N) is 3. The first-order valence-electron chi connectivity index (χ1n) is 8.71. The summed E-state index contributed by atoms with van der Waals surface area (Å²) >= 11 is 7.64. The molecule has 1 aliphatic carbocycles. The minimum Gasteiger partial charge on any atom is -0.440 e. The van der Waals surface area contributed by atoms with Gasteiger partial charge in [0.15, 0.2) is 17.3 Å². The predicted molar refractivity (Wildman–Crippen MR) is 107 cm³/mol. The van der Waals surface area contributed by atoms with Gasteiger partial charge in [-0.05, 0) is 43.8 Å². The molecule has 1 fully saturated rings. The van der Waals surface area contributed by atoms with E-state index in [2.05, 4.69) is 30.5 Å². The number of hydrogen-bond acceptors (Lipinski definition) is 8. The average molecular weight is 415 g/mol. The predicted octanol–water partition coefficient (Wildman–Crippen LogP) is 3.74. The number of anilines is 1. The van der Waals surface area contributed by atoms with E-state index in [4.69, 9.17) is 16.0 Å². The fourth-order valence-corrected chi connectivity index (χ4v) is 3.78. The number of fused-ring (bicyclic) bond motifs is 1. The number of allylic oxidation sites excluding steroid dienone is 1. The minimum atomic E-state index is -0.254. The number of amides is 1. The smallest absolute Gasteiger partial charge is 0.266 e. The first kappa shape index (κ1) is 17.5. The van der Waals surface area contributed by atoms with E-state index in [1.807, 2.05) is 13.0 Å². The lowest BCUT2D eigenvalue weighted by molar-refractivity contribution is -0.112. The van der Waals surface area contributed by atoms with Crippen LogP contribution < -0.4 is 15.6 Å². The van der Waals surface area contributed by atoms with Crippen LogP contribution in [0.2, 0.25) is 5.02 Å². The molecule has 1 saturated carbocycles. The van der Waals surface area contributed by atoms with Gasteiger partial charge in [0.2, 0.25) is 0 Å². The third kappa shape index (κ3) is 3.21. The average Bonchev–Trinajstić information content (AvgIpc) is 3.32. The molecule has 0 radical (unpaired) electrons. The van der Waals surface area contributed by atoms with Crippen molar-refractivity contribution in [1.82, 2.24) is 25.2 Å². The van der Waals surface area contributed by atoms with E-state index in [0.29, 0.717) is 38.5 Å². The number of benzene rings is 1. The highest BCUT2D eigenvalue weighted by molar-refractivity contribution is 8.02. The maximum atomic E-state index is 12.3. The molecule has 10 heteroatoms. The second-order valence-electron chi connectivity index (χ2n) is 6.65. The minimum absolute atomic E-state index is 0.254. The third-order valence-electron chi connectivity index (χ3n) is 4.53. The van der Waals surface area contributed by atoms with Crippen LogP contribution in [0.3, 0.4) is 0 Å². The van der Waals surface area contributed by atoms with Crippen LogP contribution in [0, 0.1) is 0 Å². The molecular weight excluding hydrogens is 400 g/mol. The molecule has 0 unspecified atom stereocenters. The molecule has 8 nitrogen and oxygen atoms in total. The maximum Gasteiger partial charge on any atom is 0.266 e. The lowest BCUT2D eigenvalue weighted by Gasteiger charge is -2.06. The second-order valence-corrected chi connectivity index (χ2v) is 7.87. The molecule has 3 N–H and O–H groups in total. The van der Waals surface area contributed by atoms with Gasteiger partial charge in [-0.15, -0.1) is 0 Å². The SMILES string of the molecule is CC1=C(C(=O)Nc2cnc(-c3cc4oc(C5CC5)nc4cc3Cl)cn2)SNN1. The lowest BCUT2D eigenvalue weighted by Crippen LogP contribution is -2.16. The summed E-state index contributed by atoms with van der Waals surface area (Å²) in [4.78, 5) is 28.8. The van der Waals surface area contributed by atoms with Crippen LogP contribution in [0.15, 0.2) is 39.5 Å². The van der Waals surface area contributed by atoms with Gasteiger partial charge in [0.25, 0.3) is 5.91 Å². The largest absolute Gasteiger partial charge is 0.440 e. The van der Waals surface area contributed by atoms with Crippen molar-refractivity contribution in [3.63, 3.8) is 0 Å². The van der Waals surface area contributed by atoms with Crippen LogP contribution in [-0.2, 0) is 4.79 Å². The zero-order valence-electron chi connectivity index (χ0n) is 14.7. The van der Waals surface area contributed by atoms with E-state index < -0.39 is 0 Å². The number of nitrogens with one attached hydrogen (secondary N) is 3. The fraction of sp³-hybridized carbons (Fsp3) is 0.222. The molecule has 0 atom stereocenters. The number of aromatic nitrogens is 3. The summed E-state index contributed by atoms with van der Waals surface area (Å²) < 4.78 is 5.86. The van der Waals surface area contributed by atoms with Gasteiger partial charge < -0.3 is 15.2 Å². The van der Waals surface area contributed by atoms with Crippen LogP contribution in [0.5, 0.6) is 0 Å². The van der Waals surface area contributed by atoms with Crippen LogP contribution >= 0.6 is 23.5 Å². The Labute approximate surface area is 169 Å². The van der Waals surface area contributed by atoms with Gasteiger partial charge >= 0.3 is 0 Å². The first-order valence-corrected chi connectivity index (χ1v) is 9.90. The molecular formula is C18H15ClN6O2S. The van der Waals surface area contributed by atoms with Gasteiger partial charge in [0, 0.05) is 17.2 Å². The number of halogens is 1. The third-order valence-corrected chi connectivity index (χ3v) is 5.74. The second kappa shape index (κ2) is 6.77. The van der Waals surface area contributed by atoms with Gasteiger partial charge in [-0.25, -0.2) is 9.97 Å². The first-order chi connectivity index (χ1) is 13.6. The molecule has 1 amide bonds. The molecule has 0 spiro atoms. The van der Waals surface area contributed by atoms with Crippen LogP contribution in [0.25, 0.3) is 22.4 Å². The normalized spacial score (nSPS) is 16.5. The van der Waals surface area contributed by atoms with Crippen molar-refractivity contribution in [3.05, 3.63) is 46.0 Å². The standard InChI is InChI=1S/C18H15ClN6O2S/c1-8-16(28-25-24-8)17(26)23-15-7-20-13(6-21-15)10-4-14-12(5-11(10)19)22-18(27-14)9-2-3-9/h4-7,9,24-25H,2-3H2,1H3,(H,21,23,26). The van der Waals surface area contributed by atoms with Crippen molar-refractivity contribution < 1.29 is 9.21 Å². The molecule has 2 aliphatic rings. The van der Waals surface area contributed by atoms with E-state index in [1.165, 1.54) is 18.1 Å². The Kier molecular flexibility index (Phi) is 4.22. The zero-order chi connectivity index (χ0) is 19.3. The molecule has 28 heavy (non-hydrogen) atoms. The van der Waals surface area contributed by atoms with E-state index in [9.17, 15) is 4.79 Å². The molecule has 3 heterocycles. The Balaban J connectivity index is 1.40. The van der Waals surface area contributed by atoms with Gasteiger partial charge in [0.05, 0.1) is 23.1 Å². The summed E-state index contributed by atoms with van der Waals surface area (Å²) in [6.07, 6.45) is 5.31. The van der Waals surface area contributed by atoms with Crippen molar-refractivity contribution in [2.75, 3.05) is 5.32 Å². The summed E-state index contributed by atoms with van der Waals surface area (Å²) in [7, 11) is 0. The van der Waals surface area contributed by atoms with Crippen molar-refractivity contribution in [3.8, 4) is 11.3 Å². The number of carbonyl (C=O) groups is 1. The number of hydrazine groups is 1. The van der Waals surface area contributed by atoms with Gasteiger partial charge in [-0.2, -0.15) is 4.83 Å². The molecule has 2 aromatic heterocycles. The highest BCUT2D eigenvalue weighted by atomic mass is 35.5. The van der Waals surface area contributed by atoms with Crippen LogP contribution in [0.4, 0.5) is 5.82 Å². The Morgan fingerprint density at radius 3 is 2.86 bits per heavy atom. The zero-order valence-corrected chi connectivity index (χ0v) is 16.3.